The van der Waals surface area contributed by atoms with Crippen LogP contribution in [-0.4, -0.2) is 62.3 Å². The van der Waals surface area contributed by atoms with Gasteiger partial charge in [0, 0.05) is 33.4 Å². The van der Waals surface area contributed by atoms with Gasteiger partial charge in [-0.05, 0) is 5.56 Å². The minimum Gasteiger partial charge on any atom is -0.483 e. The smallest absolute Gasteiger partial charge is 0.290 e. The van der Waals surface area contributed by atoms with Crippen LogP contribution >= 0.6 is 11.3 Å². The number of carbonyl (C=O) groups excluding carboxylic acids is 2. The molecule has 3 heterocycles. The lowest BCUT2D eigenvalue weighted by Gasteiger charge is -2.19. The molecule has 32 heavy (non-hydrogen) atoms. The number of nitrogens with zero attached hydrogens (tertiary/aromatic N) is 6. The summed E-state index contributed by atoms with van der Waals surface area (Å²) in [7, 11) is 1.66. The highest BCUT2D eigenvalue weighted by Crippen LogP contribution is 2.29. The molecule has 1 saturated heterocycles. The molecule has 1 N–H and O–H groups in total. The second-order valence-electron chi connectivity index (χ2n) is 7.06. The Balaban J connectivity index is 0.000000913. The van der Waals surface area contributed by atoms with E-state index in [9.17, 15) is 9.59 Å². The minimum absolute atomic E-state index is 0.118. The summed E-state index contributed by atoms with van der Waals surface area (Å²) in [5.41, 5.74) is 1.13. The first-order chi connectivity index (χ1) is 15.4. The molecule has 1 unspecified atom stereocenters. The largest absolute Gasteiger partial charge is 0.483 e. The number of rotatable bonds is 6. The van der Waals surface area contributed by atoms with Gasteiger partial charge in [0.25, 0.3) is 6.47 Å². The molecule has 4 rings (SSSR count). The molecule has 0 bridgehead atoms. The summed E-state index contributed by atoms with van der Waals surface area (Å²) in [5, 5.41) is 24.3. The molecule has 0 spiro atoms. The number of carbonyl (C=O) groups is 3. The van der Waals surface area contributed by atoms with Crippen LogP contribution in [0, 0.1) is 12.8 Å². The van der Waals surface area contributed by atoms with Gasteiger partial charge in [-0.2, -0.15) is 0 Å². The maximum Gasteiger partial charge on any atom is 0.290 e. The van der Waals surface area contributed by atoms with E-state index in [2.05, 4.69) is 20.4 Å². The van der Waals surface area contributed by atoms with Gasteiger partial charge in [0.2, 0.25) is 28.7 Å². The zero-order valence-corrected chi connectivity index (χ0v) is 18.4. The number of aryl methyl sites for hydroxylation is 1. The molecule has 11 nitrogen and oxygen atoms in total. The van der Waals surface area contributed by atoms with Gasteiger partial charge in [0.1, 0.15) is 5.01 Å². The van der Waals surface area contributed by atoms with E-state index < -0.39 is 5.92 Å². The van der Waals surface area contributed by atoms with Crippen molar-refractivity contribution < 1.29 is 23.9 Å². The summed E-state index contributed by atoms with van der Waals surface area (Å²) in [6, 6.07) is 9.97. The maximum atomic E-state index is 12.7. The van der Waals surface area contributed by atoms with Crippen molar-refractivity contribution in [3.05, 3.63) is 52.7 Å². The monoisotopic (exact) mass is 458 g/mol. The fourth-order valence-corrected chi connectivity index (χ4v) is 4.15. The van der Waals surface area contributed by atoms with Crippen LogP contribution in [0.15, 0.2) is 34.7 Å². The molecule has 1 aliphatic rings. The molecular weight excluding hydrogens is 436 g/mol. The highest BCUT2D eigenvalue weighted by molar-refractivity contribution is 7.15. The number of benzene rings is 1. The van der Waals surface area contributed by atoms with Crippen molar-refractivity contribution in [3.8, 4) is 0 Å². The first-order valence-corrected chi connectivity index (χ1v) is 10.5. The van der Waals surface area contributed by atoms with Crippen molar-refractivity contribution in [2.45, 2.75) is 26.3 Å². The summed E-state index contributed by atoms with van der Waals surface area (Å²) < 4.78 is 5.32. The predicted octanol–water partition coefficient (Wildman–Crippen LogP) is 1.53. The van der Waals surface area contributed by atoms with E-state index in [4.69, 9.17) is 14.3 Å². The van der Waals surface area contributed by atoms with Crippen LogP contribution in [0.5, 0.6) is 0 Å². The van der Waals surface area contributed by atoms with Gasteiger partial charge in [-0.3, -0.25) is 19.3 Å². The molecule has 2 amide bonds. The molecule has 1 aliphatic heterocycles. The molecule has 0 saturated carbocycles. The van der Waals surface area contributed by atoms with E-state index in [1.54, 1.807) is 18.9 Å². The number of amides is 2. The van der Waals surface area contributed by atoms with Gasteiger partial charge in [-0.1, -0.05) is 41.7 Å². The lowest BCUT2D eigenvalue weighted by Crippen LogP contribution is -2.34. The van der Waals surface area contributed by atoms with Gasteiger partial charge < -0.3 is 14.4 Å². The van der Waals surface area contributed by atoms with E-state index in [1.165, 1.54) is 16.2 Å². The van der Waals surface area contributed by atoms with Crippen molar-refractivity contribution in [2.24, 2.45) is 5.92 Å². The van der Waals surface area contributed by atoms with E-state index in [0.29, 0.717) is 29.9 Å². The van der Waals surface area contributed by atoms with Crippen LogP contribution in [0.3, 0.4) is 0 Å². The first-order valence-electron chi connectivity index (χ1n) is 9.69. The molecule has 1 aromatic carbocycles. The number of aromatic nitrogens is 4. The molecule has 0 radical (unpaired) electrons. The normalized spacial score (nSPS) is 15.2. The van der Waals surface area contributed by atoms with Crippen molar-refractivity contribution >= 4 is 34.8 Å². The lowest BCUT2D eigenvalue weighted by atomic mass is 10.1. The second-order valence-corrected chi connectivity index (χ2v) is 8.10. The Kier molecular flexibility index (Phi) is 7.60. The minimum atomic E-state index is -0.432. The van der Waals surface area contributed by atoms with Crippen LogP contribution in [0.1, 0.15) is 28.8 Å². The average Bonchev–Trinajstić information content (AvgIpc) is 3.49. The topological polar surface area (TPSA) is 143 Å². The Morgan fingerprint density at radius 3 is 2.66 bits per heavy atom. The molecular formula is C20H22N6O5S. The third-order valence-electron chi connectivity index (χ3n) is 4.68. The third-order valence-corrected chi connectivity index (χ3v) is 5.62. The molecule has 1 atom stereocenters. The Labute approximate surface area is 187 Å². The zero-order valence-electron chi connectivity index (χ0n) is 17.5. The third kappa shape index (κ3) is 5.72. The number of anilines is 1. The van der Waals surface area contributed by atoms with E-state index >= 15 is 0 Å². The van der Waals surface area contributed by atoms with Crippen LogP contribution in [-0.2, 0) is 27.3 Å². The van der Waals surface area contributed by atoms with E-state index in [-0.39, 0.29) is 31.3 Å². The Bertz CT molecular complexity index is 1070. The second kappa shape index (κ2) is 10.6. The summed E-state index contributed by atoms with van der Waals surface area (Å²) in [4.78, 5) is 36.7. The van der Waals surface area contributed by atoms with E-state index in [1.807, 2.05) is 30.3 Å². The zero-order chi connectivity index (χ0) is 23.1. The Hall–Kier alpha value is -3.67. The predicted molar refractivity (Wildman–Crippen MR) is 114 cm³/mol. The lowest BCUT2D eigenvalue weighted by molar-refractivity contribution is -0.135. The summed E-state index contributed by atoms with van der Waals surface area (Å²) >= 11 is 1.38. The molecule has 168 valence electrons. The Morgan fingerprint density at radius 2 is 2.00 bits per heavy atom. The highest BCUT2D eigenvalue weighted by atomic mass is 32.1. The van der Waals surface area contributed by atoms with Crippen molar-refractivity contribution in [2.75, 3.05) is 18.5 Å². The van der Waals surface area contributed by atoms with Crippen molar-refractivity contribution in [1.82, 2.24) is 25.3 Å². The summed E-state index contributed by atoms with van der Waals surface area (Å²) in [5.74, 6) is 0.136. The van der Waals surface area contributed by atoms with Gasteiger partial charge in [0.05, 0.1) is 12.5 Å². The molecule has 3 aromatic rings. The molecule has 12 heteroatoms. The number of carboxylic acid groups (broad SMARTS) is 1. The first kappa shape index (κ1) is 23.0. The van der Waals surface area contributed by atoms with Gasteiger partial charge in [0.15, 0.2) is 0 Å². The quantitative estimate of drug-likeness (QED) is 0.544. The maximum absolute atomic E-state index is 12.7. The standard InChI is InChI=1S/C19H20N6O3S.CH2O2/c1-12-20-21-15(28-12)11-24(2)18(27)14-9-17(26)25(10-14)19-23-22-16(29-19)8-13-6-4-3-5-7-13;2-1-3/h3-7,14H,8-11H2,1-2H3;1H,(H,2,3). The van der Waals surface area contributed by atoms with Crippen molar-refractivity contribution in [3.63, 3.8) is 0 Å². The SMILES string of the molecule is Cc1nnc(CN(C)C(=O)C2CC(=O)N(c3nnc(Cc4ccccc4)s3)C2)o1.O=CO. The van der Waals surface area contributed by atoms with Crippen LogP contribution in [0.4, 0.5) is 5.13 Å². The van der Waals surface area contributed by atoms with Gasteiger partial charge in [-0.15, -0.1) is 20.4 Å². The fourth-order valence-electron chi connectivity index (χ4n) is 3.25. The highest BCUT2D eigenvalue weighted by Gasteiger charge is 2.38. The fraction of sp³-hybridized carbons (Fsp3) is 0.350. The molecule has 2 aromatic heterocycles. The van der Waals surface area contributed by atoms with Gasteiger partial charge in [-0.25, -0.2) is 0 Å². The van der Waals surface area contributed by atoms with Crippen LogP contribution in [0.2, 0.25) is 0 Å². The van der Waals surface area contributed by atoms with Crippen LogP contribution < -0.4 is 4.90 Å². The van der Waals surface area contributed by atoms with Crippen molar-refractivity contribution in [1.29, 1.82) is 0 Å². The number of hydrogen-bond acceptors (Lipinski definition) is 9. The van der Waals surface area contributed by atoms with Gasteiger partial charge >= 0.3 is 0 Å². The average molecular weight is 459 g/mol. The molecule has 0 aliphatic carbocycles. The molecule has 1 fully saturated rings. The van der Waals surface area contributed by atoms with E-state index in [0.717, 1.165) is 10.6 Å². The summed E-state index contributed by atoms with van der Waals surface area (Å²) in [6.45, 7) is 1.95. The number of hydrogen-bond donors (Lipinski definition) is 1. The summed E-state index contributed by atoms with van der Waals surface area (Å²) in [6.07, 6.45) is 0.814. The Morgan fingerprint density at radius 1 is 1.28 bits per heavy atom. The van der Waals surface area contributed by atoms with Crippen LogP contribution in [0.25, 0.3) is 0 Å².